The van der Waals surface area contributed by atoms with E-state index in [0.717, 1.165) is 53.1 Å². The SMILES string of the molecule is CCOc1ccc(N(CC(=O)N(Cc2ccccc2C)C(C)C(=O)NC2CCCCC2)S(=O)(=O)c2ccc(C)cc2)cc1. The second-order valence-electron chi connectivity index (χ2n) is 11.2. The zero-order valence-electron chi connectivity index (χ0n) is 25.6. The van der Waals surface area contributed by atoms with Crippen LogP contribution in [-0.4, -0.2) is 50.4 Å². The molecule has 0 aromatic heterocycles. The maximum Gasteiger partial charge on any atom is 0.264 e. The highest BCUT2D eigenvalue weighted by Crippen LogP contribution is 2.27. The first-order valence-corrected chi connectivity index (χ1v) is 16.5. The first-order valence-electron chi connectivity index (χ1n) is 15.1. The number of carbonyl (C=O) groups is 2. The zero-order chi connectivity index (χ0) is 31.0. The van der Waals surface area contributed by atoms with Crippen LogP contribution < -0.4 is 14.4 Å². The summed E-state index contributed by atoms with van der Waals surface area (Å²) in [7, 11) is -4.13. The van der Waals surface area contributed by atoms with Gasteiger partial charge in [-0.05, 0) is 88.1 Å². The molecule has 1 atom stereocenters. The molecule has 1 aliphatic rings. The lowest BCUT2D eigenvalue weighted by atomic mass is 9.95. The molecule has 3 aromatic rings. The predicted molar refractivity (Wildman–Crippen MR) is 170 cm³/mol. The Labute approximate surface area is 256 Å². The topological polar surface area (TPSA) is 96.0 Å². The highest BCUT2D eigenvalue weighted by atomic mass is 32.2. The molecule has 0 radical (unpaired) electrons. The number of rotatable bonds is 12. The predicted octanol–water partition coefficient (Wildman–Crippen LogP) is 5.76. The van der Waals surface area contributed by atoms with E-state index >= 15 is 0 Å². The summed E-state index contributed by atoms with van der Waals surface area (Å²) >= 11 is 0. The number of aryl methyl sites for hydroxylation is 2. The van der Waals surface area contributed by atoms with Crippen LogP contribution in [0.25, 0.3) is 0 Å². The van der Waals surface area contributed by atoms with Gasteiger partial charge in [-0.1, -0.05) is 61.2 Å². The van der Waals surface area contributed by atoms with Crippen LogP contribution in [0.5, 0.6) is 5.75 Å². The monoisotopic (exact) mass is 605 g/mol. The van der Waals surface area contributed by atoms with Gasteiger partial charge in [-0.15, -0.1) is 0 Å². The van der Waals surface area contributed by atoms with Crippen molar-refractivity contribution in [1.29, 1.82) is 0 Å². The Hall–Kier alpha value is -3.85. The Morgan fingerprint density at radius 1 is 0.930 bits per heavy atom. The van der Waals surface area contributed by atoms with Crippen molar-refractivity contribution in [3.05, 3.63) is 89.5 Å². The molecule has 0 saturated heterocycles. The lowest BCUT2D eigenvalue weighted by Gasteiger charge is -2.33. The third-order valence-corrected chi connectivity index (χ3v) is 9.83. The van der Waals surface area contributed by atoms with Crippen LogP contribution in [0.2, 0.25) is 0 Å². The largest absolute Gasteiger partial charge is 0.494 e. The number of nitrogens with zero attached hydrogens (tertiary/aromatic N) is 2. The smallest absolute Gasteiger partial charge is 0.264 e. The summed E-state index contributed by atoms with van der Waals surface area (Å²) < 4.78 is 34.7. The Bertz CT molecular complexity index is 1480. The summed E-state index contributed by atoms with van der Waals surface area (Å²) in [5, 5.41) is 3.14. The third kappa shape index (κ3) is 8.16. The van der Waals surface area contributed by atoms with E-state index in [-0.39, 0.29) is 23.4 Å². The minimum atomic E-state index is -4.13. The van der Waals surface area contributed by atoms with Crippen LogP contribution in [0, 0.1) is 13.8 Å². The van der Waals surface area contributed by atoms with Gasteiger partial charge in [0, 0.05) is 12.6 Å². The molecule has 4 rings (SSSR count). The molecule has 2 amide bonds. The third-order valence-electron chi connectivity index (χ3n) is 8.04. The average Bonchev–Trinajstić information content (AvgIpc) is 3.00. The van der Waals surface area contributed by atoms with Crippen LogP contribution in [0.1, 0.15) is 62.6 Å². The molecular formula is C34H43N3O5S. The van der Waals surface area contributed by atoms with E-state index in [4.69, 9.17) is 4.74 Å². The van der Waals surface area contributed by atoms with Gasteiger partial charge in [-0.2, -0.15) is 0 Å². The van der Waals surface area contributed by atoms with Gasteiger partial charge in [-0.25, -0.2) is 8.42 Å². The van der Waals surface area contributed by atoms with Crippen LogP contribution >= 0.6 is 0 Å². The second-order valence-corrected chi connectivity index (χ2v) is 13.1. The molecule has 1 saturated carbocycles. The Balaban J connectivity index is 1.68. The summed E-state index contributed by atoms with van der Waals surface area (Å²) in [6.45, 7) is 7.59. The number of ether oxygens (including phenoxy) is 1. The van der Waals surface area contributed by atoms with E-state index in [1.165, 1.54) is 4.90 Å². The van der Waals surface area contributed by atoms with Crippen molar-refractivity contribution in [2.75, 3.05) is 17.5 Å². The zero-order valence-corrected chi connectivity index (χ0v) is 26.4. The standard InChI is InChI=1S/C34H43N3O5S/c1-5-42-31-19-17-30(18-20-31)37(43(40,41)32-21-15-25(2)16-22-32)24-33(38)36(23-28-12-10-9-11-26(28)3)27(4)34(39)35-29-13-7-6-8-14-29/h9-12,15-22,27,29H,5-8,13-14,23-24H2,1-4H3,(H,35,39). The second kappa shape index (κ2) is 14.6. The fourth-order valence-electron chi connectivity index (χ4n) is 5.36. The van der Waals surface area contributed by atoms with Crippen molar-refractivity contribution in [3.8, 4) is 5.75 Å². The van der Waals surface area contributed by atoms with Crippen molar-refractivity contribution >= 4 is 27.5 Å². The molecule has 43 heavy (non-hydrogen) atoms. The van der Waals surface area contributed by atoms with E-state index in [9.17, 15) is 18.0 Å². The lowest BCUT2D eigenvalue weighted by molar-refractivity contribution is -0.139. The molecule has 1 unspecified atom stereocenters. The number of carbonyl (C=O) groups excluding carboxylic acids is 2. The fourth-order valence-corrected chi connectivity index (χ4v) is 6.78. The van der Waals surface area contributed by atoms with Crippen molar-refractivity contribution < 1.29 is 22.7 Å². The van der Waals surface area contributed by atoms with Gasteiger partial charge in [-0.3, -0.25) is 13.9 Å². The summed E-state index contributed by atoms with van der Waals surface area (Å²) in [5.41, 5.74) is 3.12. The molecule has 1 aliphatic carbocycles. The highest BCUT2D eigenvalue weighted by molar-refractivity contribution is 7.92. The molecule has 230 valence electrons. The highest BCUT2D eigenvalue weighted by Gasteiger charge is 2.33. The number of hydrogen-bond acceptors (Lipinski definition) is 5. The van der Waals surface area contributed by atoms with Gasteiger partial charge < -0.3 is 15.0 Å². The minimum Gasteiger partial charge on any atom is -0.494 e. The fraction of sp³-hybridized carbons (Fsp3) is 0.412. The maximum atomic E-state index is 14.2. The molecule has 1 N–H and O–H groups in total. The van der Waals surface area contributed by atoms with Crippen LogP contribution in [-0.2, 0) is 26.2 Å². The first-order chi connectivity index (χ1) is 20.6. The van der Waals surface area contributed by atoms with E-state index < -0.39 is 28.5 Å². The number of hydrogen-bond donors (Lipinski definition) is 1. The molecule has 0 aliphatic heterocycles. The number of sulfonamides is 1. The summed E-state index contributed by atoms with van der Waals surface area (Å²) in [6, 6.07) is 20.2. The molecule has 9 heteroatoms. The molecule has 3 aromatic carbocycles. The average molecular weight is 606 g/mol. The van der Waals surface area contributed by atoms with Gasteiger partial charge in [0.2, 0.25) is 11.8 Å². The van der Waals surface area contributed by atoms with Crippen LogP contribution in [0.4, 0.5) is 5.69 Å². The van der Waals surface area contributed by atoms with Gasteiger partial charge >= 0.3 is 0 Å². The summed E-state index contributed by atoms with van der Waals surface area (Å²) in [6.07, 6.45) is 5.14. The molecular weight excluding hydrogens is 562 g/mol. The van der Waals surface area contributed by atoms with Crippen LogP contribution in [0.15, 0.2) is 77.7 Å². The number of anilines is 1. The molecule has 1 fully saturated rings. The Kier molecular flexibility index (Phi) is 10.9. The van der Waals surface area contributed by atoms with E-state index in [1.54, 1.807) is 55.5 Å². The van der Waals surface area contributed by atoms with Crippen molar-refractivity contribution in [2.45, 2.75) is 83.3 Å². The number of nitrogens with one attached hydrogen (secondary N) is 1. The first kappa shape index (κ1) is 32.1. The molecule has 0 heterocycles. The van der Waals surface area contributed by atoms with Gasteiger partial charge in [0.05, 0.1) is 17.2 Å². The van der Waals surface area contributed by atoms with Crippen molar-refractivity contribution in [1.82, 2.24) is 10.2 Å². The molecule has 0 spiro atoms. The molecule has 0 bridgehead atoms. The quantitative estimate of drug-likeness (QED) is 0.283. The Morgan fingerprint density at radius 3 is 2.21 bits per heavy atom. The van der Waals surface area contributed by atoms with E-state index in [0.29, 0.717) is 18.0 Å². The summed E-state index contributed by atoms with van der Waals surface area (Å²) in [5.74, 6) is -0.110. The van der Waals surface area contributed by atoms with Gasteiger partial charge in [0.1, 0.15) is 18.3 Å². The van der Waals surface area contributed by atoms with Crippen molar-refractivity contribution in [3.63, 3.8) is 0 Å². The normalized spacial score (nSPS) is 14.5. The van der Waals surface area contributed by atoms with Gasteiger partial charge in [0.25, 0.3) is 10.0 Å². The summed E-state index contributed by atoms with van der Waals surface area (Å²) in [4.78, 5) is 29.3. The minimum absolute atomic E-state index is 0.0772. The molecule has 8 nitrogen and oxygen atoms in total. The van der Waals surface area contributed by atoms with E-state index in [2.05, 4.69) is 5.32 Å². The Morgan fingerprint density at radius 2 is 1.58 bits per heavy atom. The van der Waals surface area contributed by atoms with Crippen LogP contribution in [0.3, 0.4) is 0 Å². The van der Waals surface area contributed by atoms with E-state index in [1.807, 2.05) is 45.0 Å². The number of amides is 2. The van der Waals surface area contributed by atoms with Crippen molar-refractivity contribution in [2.24, 2.45) is 0 Å². The number of benzene rings is 3. The maximum absolute atomic E-state index is 14.2. The van der Waals surface area contributed by atoms with Gasteiger partial charge in [0.15, 0.2) is 0 Å². The lowest BCUT2D eigenvalue weighted by Crippen LogP contribution is -2.53.